The van der Waals surface area contributed by atoms with E-state index in [9.17, 15) is 35.2 Å². The molecule has 29 heavy (non-hydrogen) atoms. The molecule has 0 bridgehead atoms. The van der Waals surface area contributed by atoms with Crippen LogP contribution in [-0.4, -0.2) is 27.4 Å². The number of cyclic esters (lactones) is 1. The van der Waals surface area contributed by atoms with Gasteiger partial charge in [-0.3, -0.25) is 0 Å². The first-order valence-electron chi connectivity index (χ1n) is 7.65. The van der Waals surface area contributed by atoms with Crippen molar-refractivity contribution >= 4 is 27.1 Å². The lowest BCUT2D eigenvalue weighted by Gasteiger charge is -2.11. The molecule has 1 aliphatic rings. The molecule has 154 valence electrons. The van der Waals surface area contributed by atoms with Gasteiger partial charge in [0, 0.05) is 5.57 Å². The summed E-state index contributed by atoms with van der Waals surface area (Å²) in [5.41, 5.74) is -0.603. The summed E-state index contributed by atoms with van der Waals surface area (Å²) in [7, 11) is -4.69. The van der Waals surface area contributed by atoms with Gasteiger partial charge in [0.2, 0.25) is 10.0 Å². The van der Waals surface area contributed by atoms with Gasteiger partial charge in [0.05, 0.1) is 5.57 Å². The molecule has 2 aromatic rings. The van der Waals surface area contributed by atoms with Crippen LogP contribution in [0.3, 0.4) is 0 Å². The molecule has 2 N–H and O–H groups in total. The van der Waals surface area contributed by atoms with Gasteiger partial charge in [-0.05, 0) is 35.4 Å². The topological polar surface area (TPSA) is 95.7 Å². The summed E-state index contributed by atoms with van der Waals surface area (Å²) in [4.78, 5) is 10.8. The molecule has 0 aliphatic carbocycles. The van der Waals surface area contributed by atoms with E-state index in [-0.39, 0.29) is 22.3 Å². The van der Waals surface area contributed by atoms with Gasteiger partial charge in [-0.15, -0.1) is 13.2 Å². The van der Waals surface area contributed by atoms with Gasteiger partial charge < -0.3 is 9.47 Å². The Morgan fingerprint density at radius 1 is 1.03 bits per heavy atom. The molecule has 3 rings (SSSR count). The molecule has 1 heterocycles. The SMILES string of the molecule is NS(=O)(=O)c1c(F)cc(C2=C(c3cccc(OC(F)(F)F)c3)C(=O)OC2)cc1F. The van der Waals surface area contributed by atoms with Crippen molar-refractivity contribution in [1.29, 1.82) is 0 Å². The average molecular weight is 435 g/mol. The van der Waals surface area contributed by atoms with Gasteiger partial charge in [-0.1, -0.05) is 12.1 Å². The number of halogens is 5. The number of alkyl halides is 3. The van der Waals surface area contributed by atoms with Crippen molar-refractivity contribution in [2.24, 2.45) is 5.14 Å². The summed E-state index contributed by atoms with van der Waals surface area (Å²) in [5.74, 6) is -4.56. The van der Waals surface area contributed by atoms with Crippen molar-refractivity contribution < 1.29 is 44.6 Å². The molecule has 0 atom stereocenters. The summed E-state index contributed by atoms with van der Waals surface area (Å²) in [5, 5.41) is 4.77. The van der Waals surface area contributed by atoms with Crippen molar-refractivity contribution in [2.45, 2.75) is 11.3 Å². The van der Waals surface area contributed by atoms with E-state index < -0.39 is 51.2 Å². The van der Waals surface area contributed by atoms with Crippen LogP contribution in [0.2, 0.25) is 0 Å². The third-order valence-electron chi connectivity index (χ3n) is 3.84. The lowest BCUT2D eigenvalue weighted by atomic mass is 9.96. The normalized spacial score (nSPS) is 14.9. The van der Waals surface area contributed by atoms with Crippen LogP contribution in [0, 0.1) is 11.6 Å². The van der Waals surface area contributed by atoms with Crippen LogP contribution < -0.4 is 9.88 Å². The number of rotatable bonds is 4. The third kappa shape index (κ3) is 4.38. The fraction of sp³-hybridized carbons (Fsp3) is 0.118. The Morgan fingerprint density at radius 2 is 1.66 bits per heavy atom. The molecule has 2 aromatic carbocycles. The Balaban J connectivity index is 2.14. The standard InChI is InChI=1S/C17H10F5NO5S/c18-12-5-9(6-13(19)15(12)29(23,25)26)11-7-27-16(24)14(11)8-2-1-3-10(4-8)28-17(20,21)22/h1-6H,7H2,(H2,23,25,26). The summed E-state index contributed by atoms with van der Waals surface area (Å²) >= 11 is 0. The number of ether oxygens (including phenoxy) is 2. The summed E-state index contributed by atoms with van der Waals surface area (Å²) < 4.78 is 96.8. The second kappa shape index (κ2) is 7.12. The molecule has 0 amide bonds. The van der Waals surface area contributed by atoms with E-state index >= 15 is 0 Å². The summed E-state index contributed by atoms with van der Waals surface area (Å²) in [6.45, 7) is -0.438. The van der Waals surface area contributed by atoms with Crippen LogP contribution in [0.5, 0.6) is 5.75 Å². The van der Waals surface area contributed by atoms with Crippen molar-refractivity contribution in [3.05, 3.63) is 59.2 Å². The minimum atomic E-state index is -4.97. The number of hydrogen-bond acceptors (Lipinski definition) is 5. The van der Waals surface area contributed by atoms with Gasteiger partial charge in [0.1, 0.15) is 24.0 Å². The fourth-order valence-corrected chi connectivity index (χ4v) is 3.44. The van der Waals surface area contributed by atoms with Crippen LogP contribution in [0.25, 0.3) is 11.1 Å². The zero-order valence-electron chi connectivity index (χ0n) is 14.1. The number of carbonyl (C=O) groups excluding carboxylic acids is 1. The minimum absolute atomic E-state index is 0.0550. The average Bonchev–Trinajstić information content (AvgIpc) is 2.93. The van der Waals surface area contributed by atoms with E-state index in [4.69, 9.17) is 9.88 Å². The van der Waals surface area contributed by atoms with E-state index in [1.165, 1.54) is 12.1 Å². The maximum absolute atomic E-state index is 14.1. The Kier molecular flexibility index (Phi) is 5.09. The second-order valence-electron chi connectivity index (χ2n) is 5.82. The van der Waals surface area contributed by atoms with Crippen molar-refractivity contribution in [3.63, 3.8) is 0 Å². The van der Waals surface area contributed by atoms with Gasteiger partial charge in [0.15, 0.2) is 4.90 Å². The molecule has 0 unspecified atom stereocenters. The van der Waals surface area contributed by atoms with Gasteiger partial charge >= 0.3 is 12.3 Å². The van der Waals surface area contributed by atoms with E-state index in [0.717, 1.165) is 12.1 Å². The number of carbonyl (C=O) groups is 1. The number of primary sulfonamides is 1. The summed E-state index contributed by atoms with van der Waals surface area (Å²) in [6, 6.07) is 5.62. The van der Waals surface area contributed by atoms with Crippen molar-refractivity contribution in [3.8, 4) is 5.75 Å². The van der Waals surface area contributed by atoms with Crippen LogP contribution in [0.4, 0.5) is 22.0 Å². The largest absolute Gasteiger partial charge is 0.573 e. The van der Waals surface area contributed by atoms with Gasteiger partial charge in [-0.2, -0.15) is 0 Å². The molecule has 0 fully saturated rings. The lowest BCUT2D eigenvalue weighted by Crippen LogP contribution is -2.17. The fourth-order valence-electron chi connectivity index (χ4n) is 2.78. The number of esters is 1. The zero-order valence-corrected chi connectivity index (χ0v) is 14.9. The van der Waals surface area contributed by atoms with Crippen LogP contribution in [0.15, 0.2) is 41.3 Å². The maximum Gasteiger partial charge on any atom is 0.573 e. The Morgan fingerprint density at radius 3 is 2.21 bits per heavy atom. The number of benzene rings is 2. The maximum atomic E-state index is 14.1. The van der Waals surface area contributed by atoms with E-state index in [2.05, 4.69) is 4.74 Å². The highest BCUT2D eigenvalue weighted by molar-refractivity contribution is 7.89. The first-order chi connectivity index (χ1) is 13.4. The van der Waals surface area contributed by atoms with E-state index in [0.29, 0.717) is 12.1 Å². The lowest BCUT2D eigenvalue weighted by molar-refractivity contribution is -0.274. The zero-order chi connectivity index (χ0) is 21.6. The minimum Gasteiger partial charge on any atom is -0.457 e. The summed E-state index contributed by atoms with van der Waals surface area (Å²) in [6.07, 6.45) is -4.97. The Labute approximate surface area is 160 Å². The van der Waals surface area contributed by atoms with Gasteiger partial charge in [0.25, 0.3) is 0 Å². The van der Waals surface area contributed by atoms with Crippen molar-refractivity contribution in [2.75, 3.05) is 6.61 Å². The van der Waals surface area contributed by atoms with Gasteiger partial charge in [-0.25, -0.2) is 27.1 Å². The van der Waals surface area contributed by atoms with E-state index in [1.54, 1.807) is 0 Å². The molecule has 0 spiro atoms. The quantitative estimate of drug-likeness (QED) is 0.589. The molecule has 0 saturated heterocycles. The Hall–Kier alpha value is -2.99. The molecular formula is C17H10F5NO5S. The molecule has 0 radical (unpaired) electrons. The van der Waals surface area contributed by atoms with Crippen molar-refractivity contribution in [1.82, 2.24) is 0 Å². The number of nitrogens with two attached hydrogens (primary N) is 1. The highest BCUT2D eigenvalue weighted by Gasteiger charge is 2.33. The van der Waals surface area contributed by atoms with E-state index in [1.807, 2.05) is 0 Å². The smallest absolute Gasteiger partial charge is 0.457 e. The first-order valence-corrected chi connectivity index (χ1v) is 9.20. The highest BCUT2D eigenvalue weighted by Crippen LogP contribution is 2.36. The predicted octanol–water partition coefficient (Wildman–Crippen LogP) is 2.98. The molecule has 1 aliphatic heterocycles. The monoisotopic (exact) mass is 435 g/mol. The molecule has 12 heteroatoms. The van der Waals surface area contributed by atoms with Crippen LogP contribution in [-0.2, 0) is 19.6 Å². The number of sulfonamides is 1. The Bertz CT molecular complexity index is 1120. The second-order valence-corrected chi connectivity index (χ2v) is 7.32. The first kappa shape index (κ1) is 20.7. The van der Waals surface area contributed by atoms with Crippen LogP contribution in [0.1, 0.15) is 11.1 Å². The molecular weight excluding hydrogens is 425 g/mol. The third-order valence-corrected chi connectivity index (χ3v) is 4.80. The number of hydrogen-bond donors (Lipinski definition) is 1. The highest BCUT2D eigenvalue weighted by atomic mass is 32.2. The van der Waals surface area contributed by atoms with Crippen LogP contribution >= 0.6 is 0 Å². The predicted molar refractivity (Wildman–Crippen MR) is 88.6 cm³/mol. The molecule has 6 nitrogen and oxygen atoms in total. The molecule has 0 aromatic heterocycles. The molecule has 0 saturated carbocycles.